The monoisotopic (exact) mass is 391 g/mol. The van der Waals surface area contributed by atoms with Crippen LogP contribution in [0.25, 0.3) is 4.96 Å². The quantitative estimate of drug-likeness (QED) is 0.740. The molecule has 0 spiro atoms. The van der Waals surface area contributed by atoms with Gasteiger partial charge in [0.2, 0.25) is 0 Å². The van der Waals surface area contributed by atoms with Crippen LogP contribution in [-0.4, -0.2) is 15.3 Å². The van der Waals surface area contributed by atoms with Crippen molar-refractivity contribution in [3.8, 4) is 0 Å². The third-order valence-electron chi connectivity index (χ3n) is 3.57. The van der Waals surface area contributed by atoms with Gasteiger partial charge in [0.1, 0.15) is 5.56 Å². The molecule has 0 saturated carbocycles. The fourth-order valence-electron chi connectivity index (χ4n) is 2.33. The van der Waals surface area contributed by atoms with Crippen molar-refractivity contribution in [2.24, 2.45) is 0 Å². The molecule has 1 aromatic carbocycles. The molecule has 0 radical (unpaired) electrons. The van der Waals surface area contributed by atoms with Gasteiger partial charge in [-0.15, -0.1) is 11.3 Å². The van der Waals surface area contributed by atoms with E-state index in [1.165, 1.54) is 21.9 Å². The van der Waals surface area contributed by atoms with Crippen molar-refractivity contribution >= 4 is 38.1 Å². The van der Waals surface area contributed by atoms with Gasteiger partial charge in [0.25, 0.3) is 11.5 Å². The van der Waals surface area contributed by atoms with Crippen LogP contribution in [0, 0.1) is 0 Å². The van der Waals surface area contributed by atoms with E-state index >= 15 is 0 Å². The number of nitrogens with zero attached hydrogens (tertiary/aromatic N) is 2. The Bertz CT molecular complexity index is 902. The molecule has 2 heterocycles. The number of benzene rings is 1. The van der Waals surface area contributed by atoms with Crippen LogP contribution in [0.4, 0.5) is 0 Å². The van der Waals surface area contributed by atoms with Crippen molar-refractivity contribution in [3.63, 3.8) is 0 Å². The van der Waals surface area contributed by atoms with E-state index in [1.807, 2.05) is 31.2 Å². The van der Waals surface area contributed by atoms with E-state index < -0.39 is 5.91 Å². The maximum atomic E-state index is 12.5. The topological polar surface area (TPSA) is 63.5 Å². The normalized spacial score (nSPS) is 12.3. The number of rotatable bonds is 4. The molecule has 7 heteroatoms. The van der Waals surface area contributed by atoms with Crippen LogP contribution >= 0.6 is 27.3 Å². The van der Waals surface area contributed by atoms with Gasteiger partial charge in [-0.2, -0.15) is 0 Å². The number of halogens is 1. The molecular weight excluding hydrogens is 378 g/mol. The highest BCUT2D eigenvalue weighted by molar-refractivity contribution is 9.10. The minimum absolute atomic E-state index is 0.0523. The van der Waals surface area contributed by atoms with Crippen LogP contribution in [0.15, 0.2) is 51.3 Å². The third-order valence-corrected chi connectivity index (χ3v) is 4.87. The van der Waals surface area contributed by atoms with Gasteiger partial charge in [-0.3, -0.25) is 14.0 Å². The van der Waals surface area contributed by atoms with Crippen molar-refractivity contribution < 1.29 is 4.79 Å². The van der Waals surface area contributed by atoms with Crippen molar-refractivity contribution in [2.75, 3.05) is 0 Å². The number of hydrogen-bond acceptors (Lipinski definition) is 4. The Morgan fingerprint density at radius 3 is 2.83 bits per heavy atom. The molecule has 0 aliphatic heterocycles. The predicted molar refractivity (Wildman–Crippen MR) is 94.0 cm³/mol. The number of aromatic nitrogens is 2. The number of nitrogens with one attached hydrogen (secondary N) is 1. The molecule has 0 fully saturated rings. The number of fused-ring (bicyclic) bond motifs is 1. The highest BCUT2D eigenvalue weighted by atomic mass is 79.9. The lowest BCUT2D eigenvalue weighted by Crippen LogP contribution is -2.33. The van der Waals surface area contributed by atoms with Gasteiger partial charge in [-0.1, -0.05) is 35.0 Å². The van der Waals surface area contributed by atoms with E-state index in [-0.39, 0.29) is 17.2 Å². The second-order valence-corrected chi connectivity index (χ2v) is 6.81. The molecule has 5 nitrogen and oxygen atoms in total. The second-order valence-electron chi connectivity index (χ2n) is 5.02. The van der Waals surface area contributed by atoms with Gasteiger partial charge < -0.3 is 5.32 Å². The van der Waals surface area contributed by atoms with E-state index in [4.69, 9.17) is 0 Å². The number of hydrogen-bond donors (Lipinski definition) is 1. The van der Waals surface area contributed by atoms with Gasteiger partial charge in [-0.25, -0.2) is 4.98 Å². The molecule has 2 aromatic heterocycles. The Hall–Kier alpha value is -1.99. The average Bonchev–Trinajstić information content (AvgIpc) is 3.03. The summed E-state index contributed by atoms with van der Waals surface area (Å²) in [5.74, 6) is -0.405. The SMILES string of the molecule is CCC(NC(=O)c1cnc2sccn2c1=O)c1ccc(Br)cc1. The van der Waals surface area contributed by atoms with Crippen molar-refractivity contribution in [2.45, 2.75) is 19.4 Å². The van der Waals surface area contributed by atoms with Crippen LogP contribution in [0.3, 0.4) is 0 Å². The zero-order valence-corrected chi connectivity index (χ0v) is 14.7. The van der Waals surface area contributed by atoms with Gasteiger partial charge in [0.15, 0.2) is 4.96 Å². The highest BCUT2D eigenvalue weighted by Gasteiger charge is 2.18. The minimum Gasteiger partial charge on any atom is -0.345 e. The molecule has 0 aliphatic carbocycles. The first kappa shape index (κ1) is 15.9. The summed E-state index contributed by atoms with van der Waals surface area (Å²) in [6, 6.07) is 7.60. The van der Waals surface area contributed by atoms with Crippen LogP contribution < -0.4 is 10.9 Å². The summed E-state index contributed by atoms with van der Waals surface area (Å²) in [4.78, 5) is 29.5. The smallest absolute Gasteiger partial charge is 0.271 e. The largest absolute Gasteiger partial charge is 0.345 e. The fraction of sp³-hybridized carbons (Fsp3) is 0.188. The molecule has 3 aromatic rings. The maximum absolute atomic E-state index is 12.5. The Balaban J connectivity index is 1.88. The second kappa shape index (κ2) is 6.64. The lowest BCUT2D eigenvalue weighted by molar-refractivity contribution is 0.0933. The highest BCUT2D eigenvalue weighted by Crippen LogP contribution is 2.19. The van der Waals surface area contributed by atoms with Gasteiger partial charge in [0.05, 0.1) is 6.04 Å². The van der Waals surface area contributed by atoms with E-state index in [2.05, 4.69) is 26.2 Å². The summed E-state index contributed by atoms with van der Waals surface area (Å²) in [6.07, 6.45) is 3.69. The van der Waals surface area contributed by atoms with Gasteiger partial charge in [-0.05, 0) is 24.1 Å². The Kier molecular flexibility index (Phi) is 4.58. The molecule has 1 N–H and O–H groups in total. The standard InChI is InChI=1S/C16H14BrN3O2S/c1-2-13(10-3-5-11(17)6-4-10)19-14(21)12-9-18-16-20(15(12)22)7-8-23-16/h3-9,13H,2H2,1H3,(H,19,21). The van der Waals surface area contributed by atoms with Crippen LogP contribution in [0.1, 0.15) is 35.3 Å². The van der Waals surface area contributed by atoms with Crippen molar-refractivity contribution in [1.29, 1.82) is 0 Å². The molecule has 0 bridgehead atoms. The van der Waals surface area contributed by atoms with Gasteiger partial charge in [0, 0.05) is 22.2 Å². The summed E-state index contributed by atoms with van der Waals surface area (Å²) in [7, 11) is 0. The third kappa shape index (κ3) is 3.20. The minimum atomic E-state index is -0.405. The molecule has 118 valence electrons. The predicted octanol–water partition coefficient (Wildman–Crippen LogP) is 3.40. The summed E-state index contributed by atoms with van der Waals surface area (Å²) < 4.78 is 2.37. The molecule has 3 rings (SSSR count). The number of thiazole rings is 1. The summed E-state index contributed by atoms with van der Waals surface area (Å²) in [5, 5.41) is 4.68. The number of amides is 1. The lowest BCUT2D eigenvalue weighted by Gasteiger charge is -2.17. The van der Waals surface area contributed by atoms with Crippen LogP contribution in [-0.2, 0) is 0 Å². The van der Waals surface area contributed by atoms with E-state index in [1.54, 1.807) is 11.6 Å². The molecule has 1 unspecified atom stereocenters. The van der Waals surface area contributed by atoms with Crippen LogP contribution in [0.5, 0.6) is 0 Å². The van der Waals surface area contributed by atoms with E-state index in [9.17, 15) is 9.59 Å². The molecule has 0 saturated heterocycles. The molecule has 0 aliphatic rings. The summed E-state index contributed by atoms with van der Waals surface area (Å²) in [6.45, 7) is 1.99. The molecular formula is C16H14BrN3O2S. The van der Waals surface area contributed by atoms with Gasteiger partial charge >= 0.3 is 0 Å². The Morgan fingerprint density at radius 2 is 2.13 bits per heavy atom. The maximum Gasteiger partial charge on any atom is 0.271 e. The zero-order chi connectivity index (χ0) is 16.4. The van der Waals surface area contributed by atoms with E-state index in [0.717, 1.165) is 16.5 Å². The molecule has 1 amide bonds. The molecule has 1 atom stereocenters. The van der Waals surface area contributed by atoms with E-state index in [0.29, 0.717) is 4.96 Å². The van der Waals surface area contributed by atoms with Crippen molar-refractivity contribution in [1.82, 2.24) is 14.7 Å². The first-order valence-electron chi connectivity index (χ1n) is 7.11. The summed E-state index contributed by atoms with van der Waals surface area (Å²) >= 11 is 4.75. The first-order chi connectivity index (χ1) is 11.1. The number of carbonyl (C=O) groups excluding carboxylic acids is 1. The van der Waals surface area contributed by atoms with Crippen LogP contribution in [0.2, 0.25) is 0 Å². The average molecular weight is 392 g/mol. The Morgan fingerprint density at radius 1 is 1.39 bits per heavy atom. The summed E-state index contributed by atoms with van der Waals surface area (Å²) in [5.41, 5.74) is 0.699. The number of carbonyl (C=O) groups is 1. The zero-order valence-electron chi connectivity index (χ0n) is 12.3. The lowest BCUT2D eigenvalue weighted by atomic mass is 10.0. The van der Waals surface area contributed by atoms with Crippen molar-refractivity contribution in [3.05, 3.63) is 68.0 Å². The molecule has 23 heavy (non-hydrogen) atoms. The first-order valence-corrected chi connectivity index (χ1v) is 8.78. The Labute approximate surface area is 145 Å². The fourth-order valence-corrected chi connectivity index (χ4v) is 3.27.